The Morgan fingerprint density at radius 3 is 2.32 bits per heavy atom. The van der Waals surface area contributed by atoms with Gasteiger partial charge in [-0.3, -0.25) is 9.59 Å². The molecule has 2 atom stereocenters. The highest BCUT2D eigenvalue weighted by atomic mass is 19.1. The lowest BCUT2D eigenvalue weighted by atomic mass is 10.1. The normalized spacial score (nSPS) is 12.7. The lowest BCUT2D eigenvalue weighted by Crippen LogP contribution is -2.51. The minimum absolute atomic E-state index is 0.00998. The molecule has 1 N–H and O–H groups in total. The van der Waals surface area contributed by atoms with Gasteiger partial charge in [0.15, 0.2) is 6.61 Å². The maximum atomic E-state index is 13.3. The Labute approximate surface area is 184 Å². The van der Waals surface area contributed by atoms with Crippen LogP contribution in [0.2, 0.25) is 0 Å². The zero-order valence-electron chi connectivity index (χ0n) is 19.1. The standard InChI is InChI=1S/C25H33FN2O3/c1-6-19(5)27-25(30)22(7-2)28(15-20-9-11-21(26)12-10-20)24(29)16-31-23-13-8-17(3)14-18(23)4/h8-14,19,22H,6-7,15-16H2,1-5H3,(H,27,30)/t19-,22+/m1/s1. The molecule has 0 radical (unpaired) electrons. The van der Waals surface area contributed by atoms with E-state index in [1.165, 1.54) is 17.0 Å². The maximum absolute atomic E-state index is 13.3. The number of carbonyl (C=O) groups excluding carboxylic acids is 2. The molecule has 2 amide bonds. The van der Waals surface area contributed by atoms with Gasteiger partial charge in [-0.15, -0.1) is 0 Å². The lowest BCUT2D eigenvalue weighted by Gasteiger charge is -2.31. The van der Waals surface area contributed by atoms with Crippen molar-refractivity contribution in [1.29, 1.82) is 0 Å². The number of nitrogens with zero attached hydrogens (tertiary/aromatic N) is 1. The van der Waals surface area contributed by atoms with E-state index in [4.69, 9.17) is 4.74 Å². The number of halogens is 1. The van der Waals surface area contributed by atoms with Gasteiger partial charge in [-0.25, -0.2) is 4.39 Å². The highest BCUT2D eigenvalue weighted by Crippen LogP contribution is 2.20. The maximum Gasteiger partial charge on any atom is 0.261 e. The van der Waals surface area contributed by atoms with Crippen molar-refractivity contribution in [3.8, 4) is 5.75 Å². The van der Waals surface area contributed by atoms with Crippen LogP contribution in [-0.2, 0) is 16.1 Å². The number of nitrogens with one attached hydrogen (secondary N) is 1. The molecule has 5 nitrogen and oxygen atoms in total. The van der Waals surface area contributed by atoms with Crippen LogP contribution in [0.4, 0.5) is 4.39 Å². The molecule has 0 aliphatic heterocycles. The SMILES string of the molecule is CC[C@@H](C)NC(=O)[C@H](CC)N(Cc1ccc(F)cc1)C(=O)COc1ccc(C)cc1C. The third-order valence-electron chi connectivity index (χ3n) is 5.33. The molecule has 2 aromatic rings. The topological polar surface area (TPSA) is 58.6 Å². The molecule has 0 unspecified atom stereocenters. The Morgan fingerprint density at radius 2 is 1.74 bits per heavy atom. The predicted molar refractivity (Wildman–Crippen MR) is 120 cm³/mol. The number of hydrogen-bond acceptors (Lipinski definition) is 3. The molecule has 0 saturated carbocycles. The van der Waals surface area contributed by atoms with Gasteiger partial charge in [-0.2, -0.15) is 0 Å². The van der Waals surface area contributed by atoms with E-state index in [2.05, 4.69) is 5.32 Å². The molecular formula is C25H33FN2O3. The summed E-state index contributed by atoms with van der Waals surface area (Å²) >= 11 is 0. The summed E-state index contributed by atoms with van der Waals surface area (Å²) < 4.78 is 19.1. The monoisotopic (exact) mass is 428 g/mol. The van der Waals surface area contributed by atoms with Crippen molar-refractivity contribution < 1.29 is 18.7 Å². The van der Waals surface area contributed by atoms with Gasteiger partial charge in [0.25, 0.3) is 5.91 Å². The van der Waals surface area contributed by atoms with Crippen LogP contribution in [0, 0.1) is 19.7 Å². The number of rotatable bonds is 10. The third kappa shape index (κ3) is 7.09. The molecule has 168 valence electrons. The average Bonchev–Trinajstić information content (AvgIpc) is 2.74. The van der Waals surface area contributed by atoms with E-state index in [1.54, 1.807) is 12.1 Å². The van der Waals surface area contributed by atoms with Crippen molar-refractivity contribution in [2.75, 3.05) is 6.61 Å². The van der Waals surface area contributed by atoms with Crippen molar-refractivity contribution in [2.45, 2.75) is 66.1 Å². The number of benzene rings is 2. The minimum atomic E-state index is -0.644. The summed E-state index contributed by atoms with van der Waals surface area (Å²) in [4.78, 5) is 27.6. The van der Waals surface area contributed by atoms with Crippen molar-refractivity contribution in [1.82, 2.24) is 10.2 Å². The molecular weight excluding hydrogens is 395 g/mol. The van der Waals surface area contributed by atoms with Crippen molar-refractivity contribution >= 4 is 11.8 Å². The Bertz CT molecular complexity index is 883. The van der Waals surface area contributed by atoms with Crippen LogP contribution in [0.1, 0.15) is 50.3 Å². The van der Waals surface area contributed by atoms with Gasteiger partial charge in [-0.1, -0.05) is 43.7 Å². The zero-order chi connectivity index (χ0) is 23.0. The Hall–Kier alpha value is -2.89. The van der Waals surface area contributed by atoms with Gasteiger partial charge in [0.1, 0.15) is 17.6 Å². The quantitative estimate of drug-likeness (QED) is 0.604. The Kier molecular flexibility index (Phi) is 9.03. The van der Waals surface area contributed by atoms with Crippen LogP contribution in [0.25, 0.3) is 0 Å². The smallest absolute Gasteiger partial charge is 0.261 e. The molecule has 0 aromatic heterocycles. The van der Waals surface area contributed by atoms with Crippen LogP contribution in [0.3, 0.4) is 0 Å². The molecule has 0 spiro atoms. The second kappa shape index (κ2) is 11.5. The van der Waals surface area contributed by atoms with E-state index in [0.29, 0.717) is 12.2 Å². The second-order valence-electron chi connectivity index (χ2n) is 7.95. The molecule has 2 aromatic carbocycles. The van der Waals surface area contributed by atoms with Gasteiger partial charge in [0, 0.05) is 12.6 Å². The fraction of sp³-hybridized carbons (Fsp3) is 0.440. The van der Waals surface area contributed by atoms with E-state index < -0.39 is 6.04 Å². The third-order valence-corrected chi connectivity index (χ3v) is 5.33. The first kappa shape index (κ1) is 24.4. The van der Waals surface area contributed by atoms with Gasteiger partial charge >= 0.3 is 0 Å². The van der Waals surface area contributed by atoms with Crippen molar-refractivity contribution in [3.63, 3.8) is 0 Å². The van der Waals surface area contributed by atoms with Crippen LogP contribution >= 0.6 is 0 Å². The number of hydrogen-bond donors (Lipinski definition) is 1. The van der Waals surface area contributed by atoms with Crippen LogP contribution in [0.5, 0.6) is 5.75 Å². The highest BCUT2D eigenvalue weighted by molar-refractivity contribution is 5.88. The molecule has 31 heavy (non-hydrogen) atoms. The first-order chi connectivity index (χ1) is 14.7. The fourth-order valence-corrected chi connectivity index (χ4v) is 3.33. The highest BCUT2D eigenvalue weighted by Gasteiger charge is 2.29. The van der Waals surface area contributed by atoms with Gasteiger partial charge in [0.05, 0.1) is 0 Å². The Balaban J connectivity index is 2.22. The number of carbonyl (C=O) groups is 2. The summed E-state index contributed by atoms with van der Waals surface area (Å²) in [7, 11) is 0. The second-order valence-corrected chi connectivity index (χ2v) is 7.95. The molecule has 6 heteroatoms. The molecule has 0 aliphatic rings. The molecule has 0 heterocycles. The van der Waals surface area contributed by atoms with Crippen molar-refractivity contribution in [2.24, 2.45) is 0 Å². The number of aryl methyl sites for hydroxylation is 2. The summed E-state index contributed by atoms with van der Waals surface area (Å²) in [6, 6.07) is 11.1. The molecule has 2 rings (SSSR count). The lowest BCUT2D eigenvalue weighted by molar-refractivity contribution is -0.143. The van der Waals surface area contributed by atoms with E-state index >= 15 is 0 Å². The molecule has 0 aliphatic carbocycles. The molecule has 0 saturated heterocycles. The summed E-state index contributed by atoms with van der Waals surface area (Å²) in [5, 5.41) is 2.97. The Morgan fingerprint density at radius 1 is 1.06 bits per heavy atom. The van der Waals surface area contributed by atoms with Gasteiger partial charge in [-0.05, 0) is 62.9 Å². The average molecular weight is 429 g/mol. The van der Waals surface area contributed by atoms with E-state index in [1.807, 2.05) is 52.8 Å². The predicted octanol–water partition coefficient (Wildman–Crippen LogP) is 4.54. The van der Waals surface area contributed by atoms with E-state index in [9.17, 15) is 14.0 Å². The van der Waals surface area contributed by atoms with Gasteiger partial charge in [0.2, 0.25) is 5.91 Å². The first-order valence-corrected chi connectivity index (χ1v) is 10.8. The summed E-state index contributed by atoms with van der Waals surface area (Å²) in [5.74, 6) is -0.201. The minimum Gasteiger partial charge on any atom is -0.483 e. The summed E-state index contributed by atoms with van der Waals surface area (Å²) in [5.41, 5.74) is 2.80. The zero-order valence-corrected chi connectivity index (χ0v) is 19.1. The summed E-state index contributed by atoms with van der Waals surface area (Å²) in [6.07, 6.45) is 1.25. The van der Waals surface area contributed by atoms with E-state index in [-0.39, 0.29) is 36.8 Å². The van der Waals surface area contributed by atoms with Crippen LogP contribution in [0.15, 0.2) is 42.5 Å². The van der Waals surface area contributed by atoms with Crippen LogP contribution in [-0.4, -0.2) is 35.4 Å². The number of ether oxygens (including phenoxy) is 1. The first-order valence-electron chi connectivity index (χ1n) is 10.8. The number of amides is 2. The van der Waals surface area contributed by atoms with Crippen LogP contribution < -0.4 is 10.1 Å². The van der Waals surface area contributed by atoms with E-state index in [0.717, 1.165) is 23.1 Å². The fourth-order valence-electron chi connectivity index (χ4n) is 3.33. The largest absolute Gasteiger partial charge is 0.483 e. The van der Waals surface area contributed by atoms with Crippen molar-refractivity contribution in [3.05, 3.63) is 65.0 Å². The molecule has 0 bridgehead atoms. The summed E-state index contributed by atoms with van der Waals surface area (Å²) in [6.45, 7) is 9.73. The molecule has 0 fully saturated rings. The van der Waals surface area contributed by atoms with Gasteiger partial charge < -0.3 is 15.0 Å².